The first-order valence-corrected chi connectivity index (χ1v) is 13.2. The average molecular weight is 488 g/mol. The molecule has 3 aromatic carbocycles. The number of aromatic nitrogens is 2. The van der Waals surface area contributed by atoms with Crippen LogP contribution >= 0.6 is 0 Å². The highest BCUT2D eigenvalue weighted by molar-refractivity contribution is 7.90. The third kappa shape index (κ3) is 5.87. The number of aryl methyl sites for hydroxylation is 1. The molecule has 0 saturated carbocycles. The number of sulfone groups is 1. The second-order valence-corrected chi connectivity index (χ2v) is 10.4. The zero-order chi connectivity index (χ0) is 24.8. The molecule has 1 amide bonds. The second-order valence-electron chi connectivity index (χ2n) is 8.53. The number of hydrogen-bond donors (Lipinski definition) is 0. The Bertz CT molecular complexity index is 1380. The van der Waals surface area contributed by atoms with E-state index in [2.05, 4.69) is 4.98 Å². The molecule has 1 aromatic heterocycles. The van der Waals surface area contributed by atoms with E-state index in [-0.39, 0.29) is 23.4 Å². The maximum atomic E-state index is 13.5. The van der Waals surface area contributed by atoms with E-state index in [4.69, 9.17) is 0 Å². The number of benzene rings is 3. The minimum absolute atomic E-state index is 0.0140. The Hall–Kier alpha value is -3.71. The summed E-state index contributed by atoms with van der Waals surface area (Å²) < 4.78 is 28.6. The van der Waals surface area contributed by atoms with Crippen molar-refractivity contribution in [3.63, 3.8) is 0 Å². The third-order valence-corrected chi connectivity index (χ3v) is 7.48. The summed E-state index contributed by atoms with van der Waals surface area (Å²) in [5.41, 5.74) is 4.00. The molecule has 0 aliphatic carbocycles. The summed E-state index contributed by atoms with van der Waals surface area (Å²) in [6, 6.07) is 26.2. The summed E-state index contributed by atoms with van der Waals surface area (Å²) in [7, 11) is -3.72. The van der Waals surface area contributed by atoms with Gasteiger partial charge >= 0.3 is 0 Å². The first-order valence-electron chi connectivity index (χ1n) is 11.6. The van der Waals surface area contributed by atoms with Gasteiger partial charge < -0.3 is 9.47 Å². The Morgan fingerprint density at radius 2 is 1.51 bits per heavy atom. The molecule has 0 fully saturated rings. The topological polar surface area (TPSA) is 72.3 Å². The lowest BCUT2D eigenvalue weighted by Crippen LogP contribution is -2.31. The molecule has 4 aromatic rings. The van der Waals surface area contributed by atoms with Crippen molar-refractivity contribution in [2.24, 2.45) is 0 Å². The molecule has 4 rings (SSSR count). The smallest absolute Gasteiger partial charge is 0.254 e. The molecule has 0 aliphatic heterocycles. The van der Waals surface area contributed by atoms with Gasteiger partial charge in [0.1, 0.15) is 0 Å². The predicted octanol–water partition coefficient (Wildman–Crippen LogP) is 4.88. The molecule has 180 valence electrons. The van der Waals surface area contributed by atoms with Gasteiger partial charge in [-0.05, 0) is 37.1 Å². The number of rotatable bonds is 9. The van der Waals surface area contributed by atoms with Crippen molar-refractivity contribution in [1.29, 1.82) is 0 Å². The lowest BCUT2D eigenvalue weighted by atomic mass is 10.2. The van der Waals surface area contributed by atoms with Gasteiger partial charge in [-0.2, -0.15) is 0 Å². The number of carbonyl (C=O) groups excluding carboxylic acids is 1. The highest BCUT2D eigenvalue weighted by Gasteiger charge is 2.26. The van der Waals surface area contributed by atoms with Crippen LogP contribution in [-0.2, 0) is 28.7 Å². The van der Waals surface area contributed by atoms with E-state index in [1.165, 1.54) is 0 Å². The van der Waals surface area contributed by atoms with Gasteiger partial charge in [-0.25, -0.2) is 13.4 Å². The third-order valence-electron chi connectivity index (χ3n) is 5.88. The second kappa shape index (κ2) is 10.7. The van der Waals surface area contributed by atoms with Crippen LogP contribution in [0.5, 0.6) is 0 Å². The van der Waals surface area contributed by atoms with Crippen LogP contribution in [0.1, 0.15) is 39.7 Å². The fraction of sp³-hybridized carbons (Fsp3) is 0.214. The fourth-order valence-electron chi connectivity index (χ4n) is 3.96. The molecule has 0 N–H and O–H groups in total. The number of imidazole rings is 1. The summed E-state index contributed by atoms with van der Waals surface area (Å²) in [5.74, 6) is -0.247. The van der Waals surface area contributed by atoms with Crippen molar-refractivity contribution in [3.8, 4) is 0 Å². The lowest BCUT2D eigenvalue weighted by Gasteiger charge is -2.22. The van der Waals surface area contributed by atoms with Crippen LogP contribution in [0.25, 0.3) is 0 Å². The molecule has 6 nitrogen and oxygen atoms in total. The number of hydrogen-bond acceptors (Lipinski definition) is 4. The first-order chi connectivity index (χ1) is 16.9. The van der Waals surface area contributed by atoms with Crippen molar-refractivity contribution < 1.29 is 13.2 Å². The molecule has 35 heavy (non-hydrogen) atoms. The van der Waals surface area contributed by atoms with Gasteiger partial charge in [0.15, 0.2) is 0 Å². The molecular weight excluding hydrogens is 458 g/mol. The van der Waals surface area contributed by atoms with Crippen LogP contribution in [0.15, 0.2) is 96.3 Å². The summed E-state index contributed by atoms with van der Waals surface area (Å²) in [4.78, 5) is 19.2. The molecule has 0 aliphatic rings. The van der Waals surface area contributed by atoms with E-state index >= 15 is 0 Å². The van der Waals surface area contributed by atoms with Gasteiger partial charge in [0.05, 0.1) is 30.7 Å². The molecule has 0 atom stereocenters. The van der Waals surface area contributed by atoms with Gasteiger partial charge in [-0.1, -0.05) is 78.4 Å². The van der Waals surface area contributed by atoms with Crippen LogP contribution in [0.2, 0.25) is 0 Å². The van der Waals surface area contributed by atoms with Crippen molar-refractivity contribution in [2.45, 2.75) is 37.8 Å². The molecule has 1 heterocycles. The molecule has 0 saturated heterocycles. The molecule has 0 radical (unpaired) electrons. The summed E-state index contributed by atoms with van der Waals surface area (Å²) >= 11 is 0. The van der Waals surface area contributed by atoms with Crippen molar-refractivity contribution in [1.82, 2.24) is 14.5 Å². The van der Waals surface area contributed by atoms with Crippen LogP contribution in [0.4, 0.5) is 0 Å². The number of nitrogens with zero attached hydrogens (tertiary/aromatic N) is 3. The minimum atomic E-state index is -3.72. The largest absolute Gasteiger partial charge is 0.333 e. The Kier molecular flexibility index (Phi) is 7.46. The normalized spacial score (nSPS) is 11.4. The van der Waals surface area contributed by atoms with Gasteiger partial charge in [-0.15, -0.1) is 0 Å². The van der Waals surface area contributed by atoms with E-state index in [0.717, 1.165) is 11.1 Å². The zero-order valence-electron chi connectivity index (χ0n) is 20.0. The molecular formula is C28H29N3O3S. The van der Waals surface area contributed by atoms with Crippen molar-refractivity contribution >= 4 is 15.7 Å². The quantitative estimate of drug-likeness (QED) is 0.337. The summed E-state index contributed by atoms with van der Waals surface area (Å²) in [6.07, 6.45) is 1.58. The predicted molar refractivity (Wildman–Crippen MR) is 137 cm³/mol. The Morgan fingerprint density at radius 1 is 0.886 bits per heavy atom. The van der Waals surface area contributed by atoms with E-state index < -0.39 is 9.84 Å². The standard InChI is InChI=1S/C28H29N3O3S/c1-3-30(27(32)25-12-8-5-9-13-25)20-26-18-29-28(31(26)19-23-10-6-4-7-11-23)35(33,34)21-24-16-14-22(2)15-17-24/h4-18H,3,19-21H2,1-2H3. The molecule has 0 unspecified atom stereocenters. The monoisotopic (exact) mass is 487 g/mol. The van der Waals surface area contributed by atoms with Gasteiger partial charge in [0.2, 0.25) is 15.0 Å². The van der Waals surface area contributed by atoms with Crippen LogP contribution < -0.4 is 0 Å². The zero-order valence-corrected chi connectivity index (χ0v) is 20.8. The maximum Gasteiger partial charge on any atom is 0.254 e. The van der Waals surface area contributed by atoms with Gasteiger partial charge in [0, 0.05) is 12.1 Å². The van der Waals surface area contributed by atoms with Crippen LogP contribution in [0, 0.1) is 6.92 Å². The Balaban J connectivity index is 1.69. The Morgan fingerprint density at radius 3 is 2.14 bits per heavy atom. The highest BCUT2D eigenvalue weighted by atomic mass is 32.2. The fourth-order valence-corrected chi connectivity index (χ4v) is 5.45. The van der Waals surface area contributed by atoms with Gasteiger partial charge in [0.25, 0.3) is 5.91 Å². The number of carbonyl (C=O) groups is 1. The summed E-state index contributed by atoms with van der Waals surface area (Å²) in [5, 5.41) is 0.0140. The minimum Gasteiger partial charge on any atom is -0.333 e. The van der Waals surface area contributed by atoms with Crippen molar-refractivity contribution in [2.75, 3.05) is 6.54 Å². The van der Waals surface area contributed by atoms with Crippen LogP contribution in [-0.4, -0.2) is 35.3 Å². The molecule has 7 heteroatoms. The first kappa shape index (κ1) is 24.4. The van der Waals surface area contributed by atoms with E-state index in [0.29, 0.717) is 29.9 Å². The molecule has 0 bridgehead atoms. The van der Waals surface area contributed by atoms with E-state index in [1.807, 2.05) is 86.6 Å². The average Bonchev–Trinajstić information content (AvgIpc) is 3.27. The number of amides is 1. The maximum absolute atomic E-state index is 13.5. The van der Waals surface area contributed by atoms with Crippen LogP contribution in [0.3, 0.4) is 0 Å². The lowest BCUT2D eigenvalue weighted by molar-refractivity contribution is 0.0749. The SMILES string of the molecule is CCN(Cc1cnc(S(=O)(=O)Cc2ccc(C)cc2)n1Cc1ccccc1)C(=O)c1ccccc1. The van der Waals surface area contributed by atoms with E-state index in [1.54, 1.807) is 27.8 Å². The van der Waals surface area contributed by atoms with Gasteiger partial charge in [-0.3, -0.25) is 4.79 Å². The summed E-state index contributed by atoms with van der Waals surface area (Å²) in [6.45, 7) is 4.96. The highest BCUT2D eigenvalue weighted by Crippen LogP contribution is 2.21. The van der Waals surface area contributed by atoms with E-state index in [9.17, 15) is 13.2 Å². The molecule has 0 spiro atoms. The van der Waals surface area contributed by atoms with Crippen molar-refractivity contribution in [3.05, 3.63) is 119 Å². The Labute approximate surface area is 206 Å².